The summed E-state index contributed by atoms with van der Waals surface area (Å²) in [4.78, 5) is 40.9. The lowest BCUT2D eigenvalue weighted by atomic mass is 9.88. The van der Waals surface area contributed by atoms with Gasteiger partial charge in [-0.15, -0.1) is 0 Å². The molecule has 1 saturated carbocycles. The molecule has 0 radical (unpaired) electrons. The number of benzene rings is 2. The summed E-state index contributed by atoms with van der Waals surface area (Å²) >= 11 is 0. The highest BCUT2D eigenvalue weighted by Crippen LogP contribution is 2.23. The molecule has 0 spiro atoms. The second-order valence-electron chi connectivity index (χ2n) is 10.2. The Labute approximate surface area is 220 Å². The van der Waals surface area contributed by atoms with Crippen LogP contribution >= 0.6 is 0 Å². The van der Waals surface area contributed by atoms with E-state index in [9.17, 15) is 14.4 Å². The van der Waals surface area contributed by atoms with Gasteiger partial charge < -0.3 is 20.3 Å². The van der Waals surface area contributed by atoms with Crippen molar-refractivity contribution in [2.75, 3.05) is 19.7 Å². The van der Waals surface area contributed by atoms with Crippen molar-refractivity contribution in [2.45, 2.75) is 70.4 Å². The Balaban J connectivity index is 1.32. The van der Waals surface area contributed by atoms with Gasteiger partial charge in [0.25, 0.3) is 11.8 Å². The molecule has 2 N–H and O–H groups in total. The molecule has 2 aromatic rings. The minimum absolute atomic E-state index is 0.0250. The Kier molecular flexibility index (Phi) is 9.58. The van der Waals surface area contributed by atoms with E-state index in [2.05, 4.69) is 17.6 Å². The molecular formula is C30H39N3O4. The van der Waals surface area contributed by atoms with Crippen LogP contribution in [-0.2, 0) is 4.79 Å². The van der Waals surface area contributed by atoms with Gasteiger partial charge in [0, 0.05) is 36.3 Å². The molecular weight excluding hydrogens is 466 g/mol. The fourth-order valence-corrected chi connectivity index (χ4v) is 5.20. The van der Waals surface area contributed by atoms with Crippen LogP contribution in [0.5, 0.6) is 5.75 Å². The third-order valence-electron chi connectivity index (χ3n) is 7.39. The largest absolute Gasteiger partial charge is 0.494 e. The zero-order chi connectivity index (χ0) is 26.0. The molecule has 7 heteroatoms. The lowest BCUT2D eigenvalue weighted by Crippen LogP contribution is -2.55. The van der Waals surface area contributed by atoms with Gasteiger partial charge >= 0.3 is 0 Å². The summed E-state index contributed by atoms with van der Waals surface area (Å²) in [6, 6.07) is 16.3. The molecule has 2 fully saturated rings. The molecule has 1 unspecified atom stereocenters. The summed E-state index contributed by atoms with van der Waals surface area (Å²) in [5.41, 5.74) is 1.24. The molecule has 3 amide bonds. The lowest BCUT2D eigenvalue weighted by molar-refractivity contribution is -0.127. The first-order valence-electron chi connectivity index (χ1n) is 13.7. The monoisotopic (exact) mass is 505 g/mol. The maximum Gasteiger partial charge on any atom is 0.253 e. The molecule has 1 aliphatic carbocycles. The van der Waals surface area contributed by atoms with Crippen LogP contribution in [-0.4, -0.2) is 54.4 Å². The number of nitrogens with one attached hydrogen (secondary N) is 2. The van der Waals surface area contributed by atoms with Crippen LogP contribution < -0.4 is 15.4 Å². The fourth-order valence-electron chi connectivity index (χ4n) is 5.20. The number of ether oxygens (including phenoxy) is 1. The number of amides is 3. The van der Waals surface area contributed by atoms with E-state index in [-0.39, 0.29) is 35.7 Å². The Hall–Kier alpha value is -3.35. The minimum atomic E-state index is -0.248. The molecule has 1 aliphatic heterocycles. The standard InChI is InChI=1S/C30H39N3O4/c1-2-3-20-37-25-17-15-23(16-18-25)30(36)33-19-9-12-24(21-33)29(35)32-27-14-8-7-13-26(27)31-28(34)22-10-5-4-6-11-22/h4-6,10-11,15-18,24,26-27H,2-3,7-9,12-14,19-21H2,1H3,(H,31,34)(H,32,35)/t24?,26-,27-/m1/s1. The number of nitrogens with zero attached hydrogens (tertiary/aromatic N) is 1. The fraction of sp³-hybridized carbons (Fsp3) is 0.500. The summed E-state index contributed by atoms with van der Waals surface area (Å²) in [5.74, 6) is 0.332. The van der Waals surface area contributed by atoms with Crippen LogP contribution in [0.15, 0.2) is 54.6 Å². The number of rotatable bonds is 9. The minimum Gasteiger partial charge on any atom is -0.494 e. The molecule has 7 nitrogen and oxygen atoms in total. The number of hydrogen-bond donors (Lipinski definition) is 2. The van der Waals surface area contributed by atoms with Crippen molar-refractivity contribution in [1.82, 2.24) is 15.5 Å². The van der Waals surface area contributed by atoms with Gasteiger partial charge in [-0.25, -0.2) is 0 Å². The normalized spacial score (nSPS) is 21.6. The highest BCUT2D eigenvalue weighted by Gasteiger charge is 2.33. The average molecular weight is 506 g/mol. The zero-order valence-corrected chi connectivity index (χ0v) is 21.8. The van der Waals surface area contributed by atoms with Crippen molar-refractivity contribution in [3.05, 3.63) is 65.7 Å². The van der Waals surface area contributed by atoms with Gasteiger partial charge in [0.2, 0.25) is 5.91 Å². The third-order valence-corrected chi connectivity index (χ3v) is 7.39. The smallest absolute Gasteiger partial charge is 0.253 e. The first kappa shape index (κ1) is 26.7. The molecule has 198 valence electrons. The van der Waals surface area contributed by atoms with Gasteiger partial charge in [-0.1, -0.05) is 44.4 Å². The Morgan fingerprint density at radius 2 is 1.57 bits per heavy atom. The number of hydrogen-bond acceptors (Lipinski definition) is 4. The number of piperidine rings is 1. The molecule has 2 aliphatic rings. The maximum absolute atomic E-state index is 13.3. The van der Waals surface area contributed by atoms with E-state index in [0.29, 0.717) is 30.8 Å². The predicted octanol–water partition coefficient (Wildman–Crippen LogP) is 4.58. The molecule has 3 atom stereocenters. The van der Waals surface area contributed by atoms with Gasteiger partial charge in [0.05, 0.1) is 12.5 Å². The van der Waals surface area contributed by atoms with Crippen LogP contribution in [0, 0.1) is 5.92 Å². The van der Waals surface area contributed by atoms with Crippen molar-refractivity contribution < 1.29 is 19.1 Å². The topological polar surface area (TPSA) is 87.7 Å². The molecule has 0 aromatic heterocycles. The van der Waals surface area contributed by atoms with Crippen LogP contribution in [0.4, 0.5) is 0 Å². The first-order chi connectivity index (χ1) is 18.0. The summed E-state index contributed by atoms with van der Waals surface area (Å²) < 4.78 is 5.70. The quantitative estimate of drug-likeness (QED) is 0.489. The number of likely N-dealkylation sites (tertiary alicyclic amines) is 1. The SMILES string of the molecule is CCCCOc1ccc(C(=O)N2CCCC(C(=O)N[C@@H]3CCCC[C@H]3NC(=O)c3ccccc3)C2)cc1. The second-order valence-corrected chi connectivity index (χ2v) is 10.2. The number of carbonyl (C=O) groups is 3. The summed E-state index contributed by atoms with van der Waals surface area (Å²) in [5, 5.41) is 6.35. The predicted molar refractivity (Wildman–Crippen MR) is 144 cm³/mol. The Morgan fingerprint density at radius 1 is 0.865 bits per heavy atom. The van der Waals surface area contributed by atoms with E-state index in [1.54, 1.807) is 29.2 Å². The van der Waals surface area contributed by atoms with Crippen molar-refractivity contribution in [1.29, 1.82) is 0 Å². The molecule has 1 saturated heterocycles. The van der Waals surface area contributed by atoms with Gasteiger partial charge in [-0.3, -0.25) is 14.4 Å². The van der Waals surface area contributed by atoms with Gasteiger partial charge in [-0.05, 0) is 68.5 Å². The van der Waals surface area contributed by atoms with Crippen molar-refractivity contribution in [3.63, 3.8) is 0 Å². The highest BCUT2D eigenvalue weighted by molar-refractivity contribution is 5.95. The first-order valence-corrected chi connectivity index (χ1v) is 13.7. The van der Waals surface area contributed by atoms with Crippen molar-refractivity contribution >= 4 is 17.7 Å². The van der Waals surface area contributed by atoms with Gasteiger partial charge in [-0.2, -0.15) is 0 Å². The van der Waals surface area contributed by atoms with Crippen molar-refractivity contribution in [2.24, 2.45) is 5.92 Å². The van der Waals surface area contributed by atoms with Gasteiger partial charge in [0.1, 0.15) is 5.75 Å². The van der Waals surface area contributed by atoms with E-state index in [1.165, 1.54) is 0 Å². The van der Waals surface area contributed by atoms with Crippen LogP contribution in [0.25, 0.3) is 0 Å². The molecule has 37 heavy (non-hydrogen) atoms. The van der Waals surface area contributed by atoms with E-state index in [0.717, 1.165) is 57.1 Å². The van der Waals surface area contributed by atoms with Crippen molar-refractivity contribution in [3.8, 4) is 5.75 Å². The van der Waals surface area contributed by atoms with Crippen LogP contribution in [0.2, 0.25) is 0 Å². The maximum atomic E-state index is 13.3. The van der Waals surface area contributed by atoms with Gasteiger partial charge in [0.15, 0.2) is 0 Å². The molecule has 4 rings (SSSR count). The number of unbranched alkanes of at least 4 members (excludes halogenated alkanes) is 1. The number of carbonyl (C=O) groups excluding carboxylic acids is 3. The van der Waals surface area contributed by atoms with E-state index in [4.69, 9.17) is 4.74 Å². The van der Waals surface area contributed by atoms with E-state index >= 15 is 0 Å². The zero-order valence-electron chi connectivity index (χ0n) is 21.8. The lowest BCUT2D eigenvalue weighted by Gasteiger charge is -2.36. The summed E-state index contributed by atoms with van der Waals surface area (Å²) in [6.45, 7) is 3.85. The van der Waals surface area contributed by atoms with Crippen LogP contribution in [0.3, 0.4) is 0 Å². The summed E-state index contributed by atoms with van der Waals surface area (Å²) in [7, 11) is 0. The van der Waals surface area contributed by atoms with E-state index < -0.39 is 0 Å². The third kappa shape index (κ3) is 7.34. The highest BCUT2D eigenvalue weighted by atomic mass is 16.5. The molecule has 0 bridgehead atoms. The van der Waals surface area contributed by atoms with Crippen LogP contribution in [0.1, 0.15) is 79.0 Å². The summed E-state index contributed by atoms with van der Waals surface area (Å²) in [6.07, 6.45) is 7.36. The Morgan fingerprint density at radius 3 is 2.27 bits per heavy atom. The molecule has 2 aromatic carbocycles. The molecule has 1 heterocycles. The van der Waals surface area contributed by atoms with E-state index in [1.807, 2.05) is 30.3 Å². The second kappa shape index (κ2) is 13.3. The Bertz CT molecular complexity index is 1040. The average Bonchev–Trinajstić information content (AvgIpc) is 2.94.